The van der Waals surface area contributed by atoms with Crippen molar-refractivity contribution in [2.75, 3.05) is 53.6 Å². The molecule has 1 amide bonds. The number of carbonyl (C=O) groups is 2. The summed E-state index contributed by atoms with van der Waals surface area (Å²) < 4.78 is 43.2. The summed E-state index contributed by atoms with van der Waals surface area (Å²) in [4.78, 5) is 28.9. The van der Waals surface area contributed by atoms with Gasteiger partial charge in [0, 0.05) is 51.3 Å². The molecule has 2 aliphatic rings. The highest BCUT2D eigenvalue weighted by Gasteiger charge is 2.50. The number of halogens is 3. The summed E-state index contributed by atoms with van der Waals surface area (Å²) >= 11 is 0. The summed E-state index contributed by atoms with van der Waals surface area (Å²) in [6.45, 7) is 5.01. The van der Waals surface area contributed by atoms with Crippen LogP contribution in [-0.4, -0.2) is 91.6 Å². The molecule has 0 bridgehead atoms. The van der Waals surface area contributed by atoms with E-state index in [2.05, 4.69) is 16.0 Å². The topological polar surface area (TPSA) is 92.2 Å². The van der Waals surface area contributed by atoms with Crippen molar-refractivity contribution in [3.63, 3.8) is 0 Å². The molecule has 0 unspecified atom stereocenters. The van der Waals surface area contributed by atoms with Crippen molar-refractivity contribution in [2.45, 2.75) is 12.7 Å². The third kappa shape index (κ3) is 6.64. The minimum Gasteiger partial charge on any atom is -0.475 e. The summed E-state index contributed by atoms with van der Waals surface area (Å²) in [7, 11) is 3.49. The molecule has 3 heterocycles. The van der Waals surface area contributed by atoms with Crippen LogP contribution < -0.4 is 0 Å². The van der Waals surface area contributed by atoms with Gasteiger partial charge < -0.3 is 19.5 Å². The molecule has 1 aromatic rings. The summed E-state index contributed by atoms with van der Waals surface area (Å²) in [5, 5.41) is 7.12. The molecule has 8 nitrogen and oxygen atoms in total. The number of carboxylic acids is 1. The molecule has 2 atom stereocenters. The molecule has 168 valence electrons. The second kappa shape index (κ2) is 10.2. The Morgan fingerprint density at radius 3 is 2.67 bits per heavy atom. The largest absolute Gasteiger partial charge is 0.490 e. The standard InChI is InChI=1S/C17H25N3O3.C2HF3O2/c1-19(2)16(21)10-23-13-17-11-20(7-14(17)9-22-12-17)8-15-5-3-4-6-18-15;3-2(4,5)1(6)7/h3-6,14H,7-13H2,1-2H3;(H,6,7)/t14-,17+;/m1./s1. The Morgan fingerprint density at radius 1 is 1.40 bits per heavy atom. The number of carboxylic acid groups (broad SMARTS) is 1. The van der Waals surface area contributed by atoms with Crippen molar-refractivity contribution in [3.8, 4) is 0 Å². The van der Waals surface area contributed by atoms with Gasteiger partial charge in [0.2, 0.25) is 5.91 Å². The van der Waals surface area contributed by atoms with Crippen LogP contribution in [0.15, 0.2) is 24.4 Å². The summed E-state index contributed by atoms with van der Waals surface area (Å²) in [6, 6.07) is 6.02. The van der Waals surface area contributed by atoms with E-state index in [1.54, 1.807) is 19.0 Å². The minimum absolute atomic E-state index is 0.000189. The van der Waals surface area contributed by atoms with Gasteiger partial charge >= 0.3 is 12.1 Å². The molecule has 0 radical (unpaired) electrons. The number of hydrogen-bond donors (Lipinski definition) is 1. The van der Waals surface area contributed by atoms with Crippen LogP contribution in [-0.2, 0) is 25.6 Å². The van der Waals surface area contributed by atoms with Crippen LogP contribution in [0.1, 0.15) is 5.69 Å². The zero-order valence-electron chi connectivity index (χ0n) is 16.9. The van der Waals surface area contributed by atoms with E-state index >= 15 is 0 Å². The van der Waals surface area contributed by atoms with Crippen LogP contribution in [0.3, 0.4) is 0 Å². The van der Waals surface area contributed by atoms with Crippen LogP contribution >= 0.6 is 0 Å². The van der Waals surface area contributed by atoms with Crippen LogP contribution in [0.25, 0.3) is 0 Å². The first-order chi connectivity index (χ1) is 14.0. The highest BCUT2D eigenvalue weighted by Crippen LogP contribution is 2.41. The van der Waals surface area contributed by atoms with Crippen molar-refractivity contribution < 1.29 is 37.3 Å². The molecule has 0 spiro atoms. The monoisotopic (exact) mass is 433 g/mol. The number of aromatic nitrogens is 1. The van der Waals surface area contributed by atoms with Crippen LogP contribution in [0, 0.1) is 11.3 Å². The van der Waals surface area contributed by atoms with Gasteiger partial charge in [0.15, 0.2) is 0 Å². The quantitative estimate of drug-likeness (QED) is 0.722. The molecule has 3 rings (SSSR count). The van der Waals surface area contributed by atoms with Crippen molar-refractivity contribution in [1.82, 2.24) is 14.8 Å². The Bertz CT molecular complexity index is 717. The van der Waals surface area contributed by atoms with E-state index in [4.69, 9.17) is 19.4 Å². The molecular weight excluding hydrogens is 407 g/mol. The third-order valence-electron chi connectivity index (χ3n) is 5.06. The van der Waals surface area contributed by atoms with Crippen LogP contribution in [0.2, 0.25) is 0 Å². The number of pyridine rings is 1. The van der Waals surface area contributed by atoms with Gasteiger partial charge in [-0.3, -0.25) is 14.7 Å². The van der Waals surface area contributed by atoms with Gasteiger partial charge in [-0.1, -0.05) is 6.07 Å². The van der Waals surface area contributed by atoms with E-state index in [1.165, 1.54) is 0 Å². The predicted octanol–water partition coefficient (Wildman–Crippen LogP) is 1.27. The number of likely N-dealkylation sites (N-methyl/N-ethyl adjacent to an activating group) is 1. The summed E-state index contributed by atoms with van der Waals surface area (Å²) in [6.07, 6.45) is -3.25. The Balaban J connectivity index is 0.000000396. The van der Waals surface area contributed by atoms with E-state index < -0.39 is 12.1 Å². The SMILES string of the molecule is CN(C)C(=O)COC[C@]12COC[C@H]1CN(Cc1ccccn1)C2.O=C(O)C(F)(F)F. The second-order valence-corrected chi connectivity index (χ2v) is 7.65. The van der Waals surface area contributed by atoms with Crippen molar-refractivity contribution in [3.05, 3.63) is 30.1 Å². The first-order valence-electron chi connectivity index (χ1n) is 9.31. The maximum absolute atomic E-state index is 11.7. The molecule has 0 aliphatic carbocycles. The minimum atomic E-state index is -5.08. The van der Waals surface area contributed by atoms with E-state index in [-0.39, 0.29) is 17.9 Å². The maximum Gasteiger partial charge on any atom is 0.490 e. The van der Waals surface area contributed by atoms with Gasteiger partial charge in [0.05, 0.1) is 25.5 Å². The number of fused-ring (bicyclic) bond motifs is 1. The summed E-state index contributed by atoms with van der Waals surface area (Å²) in [5.74, 6) is -2.28. The first kappa shape index (κ1) is 24.0. The fraction of sp³-hybridized carbons (Fsp3) is 0.632. The number of rotatable bonds is 6. The lowest BCUT2D eigenvalue weighted by Crippen LogP contribution is -2.37. The fourth-order valence-corrected chi connectivity index (χ4v) is 3.46. The Labute approximate surface area is 172 Å². The number of ether oxygens (including phenoxy) is 2. The smallest absolute Gasteiger partial charge is 0.475 e. The average Bonchev–Trinajstić information content (AvgIpc) is 3.18. The van der Waals surface area contributed by atoms with Crippen molar-refractivity contribution in [1.29, 1.82) is 0 Å². The zero-order valence-corrected chi connectivity index (χ0v) is 16.9. The zero-order chi connectivity index (χ0) is 22.4. The van der Waals surface area contributed by atoms with Gasteiger partial charge in [0.25, 0.3) is 0 Å². The van der Waals surface area contributed by atoms with E-state index in [0.29, 0.717) is 19.1 Å². The van der Waals surface area contributed by atoms with Crippen LogP contribution in [0.5, 0.6) is 0 Å². The number of likely N-dealkylation sites (tertiary alicyclic amines) is 1. The molecule has 30 heavy (non-hydrogen) atoms. The third-order valence-corrected chi connectivity index (χ3v) is 5.06. The predicted molar refractivity (Wildman–Crippen MR) is 99.5 cm³/mol. The molecule has 2 aliphatic heterocycles. The molecular formula is C19H26F3N3O5. The second-order valence-electron chi connectivity index (χ2n) is 7.65. The Kier molecular flexibility index (Phi) is 8.16. The summed E-state index contributed by atoms with van der Waals surface area (Å²) in [5.41, 5.74) is 1.11. The lowest BCUT2D eigenvalue weighted by molar-refractivity contribution is -0.192. The number of hydrogen-bond acceptors (Lipinski definition) is 6. The van der Waals surface area contributed by atoms with Gasteiger partial charge in [-0.05, 0) is 12.1 Å². The highest BCUT2D eigenvalue weighted by atomic mass is 19.4. The Hall–Kier alpha value is -2.24. The van der Waals surface area contributed by atoms with Crippen LogP contribution in [0.4, 0.5) is 13.2 Å². The molecule has 0 aromatic carbocycles. The Morgan fingerprint density at radius 2 is 2.10 bits per heavy atom. The van der Waals surface area contributed by atoms with Gasteiger partial charge in [-0.15, -0.1) is 0 Å². The number of amides is 1. The van der Waals surface area contributed by atoms with Crippen molar-refractivity contribution in [2.24, 2.45) is 11.3 Å². The number of alkyl halides is 3. The van der Waals surface area contributed by atoms with Crippen molar-refractivity contribution >= 4 is 11.9 Å². The lowest BCUT2D eigenvalue weighted by Gasteiger charge is -2.27. The molecule has 1 N–H and O–H groups in total. The fourth-order valence-electron chi connectivity index (χ4n) is 3.46. The van der Waals surface area contributed by atoms with Gasteiger partial charge in [-0.25, -0.2) is 4.79 Å². The number of carbonyl (C=O) groups excluding carboxylic acids is 1. The molecule has 2 saturated heterocycles. The highest BCUT2D eigenvalue weighted by molar-refractivity contribution is 5.76. The van der Waals surface area contributed by atoms with Gasteiger partial charge in [0.1, 0.15) is 6.61 Å². The molecule has 11 heteroatoms. The maximum atomic E-state index is 11.7. The molecule has 2 fully saturated rings. The number of nitrogens with zero attached hydrogens (tertiary/aromatic N) is 3. The normalized spacial score (nSPS) is 23.4. The van der Waals surface area contributed by atoms with E-state index in [9.17, 15) is 18.0 Å². The first-order valence-corrected chi connectivity index (χ1v) is 9.31. The van der Waals surface area contributed by atoms with E-state index in [0.717, 1.165) is 31.9 Å². The number of aliphatic carboxylic acids is 1. The lowest BCUT2D eigenvalue weighted by atomic mass is 9.82. The molecule has 1 aromatic heterocycles. The van der Waals surface area contributed by atoms with E-state index in [1.807, 2.05) is 18.3 Å². The molecule has 0 saturated carbocycles. The average molecular weight is 433 g/mol. The van der Waals surface area contributed by atoms with Gasteiger partial charge in [-0.2, -0.15) is 13.2 Å².